The molecule has 148 heavy (non-hydrogen) atoms. The molecule has 3 saturated heterocycles. The number of nitrogens with zero attached hydrogens (tertiary/aromatic N) is 2. The van der Waals surface area contributed by atoms with Gasteiger partial charge in [0.15, 0.2) is 11.6 Å². The predicted octanol–water partition coefficient (Wildman–Crippen LogP) is 9.23. The van der Waals surface area contributed by atoms with Gasteiger partial charge in [-0.3, -0.25) is 52.7 Å². The first kappa shape index (κ1) is 128. The normalized spacial score (nSPS) is 36.0. The summed E-state index contributed by atoms with van der Waals surface area (Å²) in [6.07, 6.45) is 12.1. The Labute approximate surface area is 874 Å². The number of carbonyl (C=O) groups excluding carboxylic acids is 13. The van der Waals surface area contributed by atoms with E-state index in [4.69, 9.17) is 52.1 Å². The van der Waals surface area contributed by atoms with E-state index >= 15 is 0 Å². The molecule has 0 aromatic carbocycles. The zero-order valence-corrected chi connectivity index (χ0v) is 91.2. The molecule has 2 aliphatic carbocycles. The van der Waals surface area contributed by atoms with Crippen LogP contribution in [0.25, 0.3) is 0 Å². The lowest BCUT2D eigenvalue weighted by atomic mass is 9.78. The van der Waals surface area contributed by atoms with E-state index in [9.17, 15) is 113 Å². The van der Waals surface area contributed by atoms with E-state index in [1.165, 1.54) is 69.5 Å². The largest absolute Gasteiger partial charge is 0.460 e. The van der Waals surface area contributed by atoms with Gasteiger partial charge in [0, 0.05) is 129 Å². The van der Waals surface area contributed by atoms with Gasteiger partial charge in [-0.25, -0.2) is 9.59 Å². The molecule has 0 spiro atoms. The molecule has 0 radical (unpaired) electrons. The molecule has 7 aliphatic rings. The Morgan fingerprint density at radius 3 is 1.34 bits per heavy atom. The van der Waals surface area contributed by atoms with Crippen molar-refractivity contribution >= 4 is 76.2 Å². The molecule has 5 heterocycles. The Morgan fingerprint density at radius 2 is 0.905 bits per heavy atom. The van der Waals surface area contributed by atoms with Crippen LogP contribution in [0.2, 0.25) is 0 Å². The lowest BCUT2D eigenvalue weighted by molar-refractivity contribution is -0.265. The van der Waals surface area contributed by atoms with Crippen molar-refractivity contribution in [1.82, 2.24) is 9.80 Å². The molecule has 5 aliphatic heterocycles. The van der Waals surface area contributed by atoms with E-state index in [0.717, 1.165) is 20.9 Å². The maximum atomic E-state index is 14.5. The molecule has 836 valence electrons. The number of hydrogen-bond acceptors (Lipinski definition) is 34. The standard InChI is InChI=1S/2C56H87NO17/c1-32-17-13-12-14-18-33(2)47(61)38(7)49(63)50(71-11)48(62)36(5)25-34(3)42(60)29-45(35(4)26-39-21-23-43(46(27-39)70-10)73-54(67)55(8,30-58)31-59)72-53(66)41-19-15-16-24-57(41)52(65)51(64)56(68)37(6)20-22-40(74-56)28-44(32)69-9;1-32-17-13-12-14-18-33(2)45(70-9)28-40(60)27-43(62)38(7)50(65)51(66)53(67)57-22-16-15-19-41(57)54(68)73-46(29-42(61)34(3)24-37(6)49(64)52(72-11)48(63)36(5)23-32)35(4)25-39-20-21-44(47(26-39)71-10)74-55(69)56(8,30-58)31-59/h12-14,17-18,25,33-35,37-41,43-48,50,58-59,61-62,68H,15-16,19-24,26-31H2,1-11H3;12-14,17-18,24,32,34-36,38-41,43-47,49,52,58-60,62,64H,15-16,19-23,25-31H2,1-11H3/b13-12?,18-14+,32-17?,36-25+;14-12+,17-13+,33-18?,37-24+/t33-,34-,35-,37-,38-,39+,40?,41+,43-,44+,45+,46-,47?,48?,50-,56-;32-,34-,35?,36-,38-,39+,40?,41+,43?,44-,45+,46+,47-,49-,52+/m11/s1. The van der Waals surface area contributed by atoms with Crippen LogP contribution in [0, 0.1) is 81.8 Å². The van der Waals surface area contributed by atoms with Crippen molar-refractivity contribution < 1.29 is 165 Å². The average Bonchev–Trinajstić information content (AvgIpc) is 0.768. The Bertz CT molecular complexity index is 4640. The third-order valence-corrected chi connectivity index (χ3v) is 31.5. The van der Waals surface area contributed by atoms with E-state index < -0.39 is 265 Å². The van der Waals surface area contributed by atoms with E-state index in [1.807, 2.05) is 58.9 Å². The van der Waals surface area contributed by atoms with E-state index in [2.05, 4.69) is 0 Å². The molecule has 36 heteroatoms. The summed E-state index contributed by atoms with van der Waals surface area (Å²) >= 11 is 0. The summed E-state index contributed by atoms with van der Waals surface area (Å²) in [6, 6.07) is -2.51. The molecule has 0 aromatic rings. The fraction of sp³-hybridized carbons (Fsp3) is 0.741. The molecule has 10 N–H and O–H groups in total. The number of piperidine rings is 2. The lowest BCUT2D eigenvalue weighted by Gasteiger charge is -2.42. The molecule has 2 bridgehead atoms. The monoisotopic (exact) mass is 2090 g/mol. The summed E-state index contributed by atoms with van der Waals surface area (Å²) in [5, 5.41) is 107. The van der Waals surface area contributed by atoms with Crippen molar-refractivity contribution in [3.05, 3.63) is 95.2 Å². The average molecular weight is 2090 g/mol. The second kappa shape index (κ2) is 61.0. The van der Waals surface area contributed by atoms with Crippen LogP contribution in [0.5, 0.6) is 0 Å². The Morgan fingerprint density at radius 1 is 0.473 bits per heavy atom. The molecular weight excluding hydrogens is 1920 g/mol. The summed E-state index contributed by atoms with van der Waals surface area (Å²) in [5.74, 6) is -20.3. The van der Waals surface area contributed by atoms with Gasteiger partial charge in [0.25, 0.3) is 23.4 Å². The van der Waals surface area contributed by atoms with Crippen molar-refractivity contribution in [2.24, 2.45) is 81.8 Å². The number of allylic oxidation sites excluding steroid dienone is 11. The number of aliphatic hydroxyl groups is 10. The van der Waals surface area contributed by atoms with Gasteiger partial charge in [-0.15, -0.1) is 0 Å². The first-order valence-corrected chi connectivity index (χ1v) is 52.8. The molecule has 6 unspecified atom stereocenters. The Balaban J connectivity index is 0.000000452. The highest BCUT2D eigenvalue weighted by Gasteiger charge is 2.55. The number of esters is 4. The molecule has 2 saturated carbocycles. The SMILES string of the molecule is CO[C@H]1CC(O)CC(O)[C@@H](C)C(=O)C(=O)C(=O)N2CCCC[C@H]2C(=O)O[C@H](C(C)C[C@@H]2CC[C@@H](OC(=O)C(C)(CO)CO)[C@H](OC)C2)CC(=O)[C@H](C)/C=C(\C)[C@@H](O)[C@@H](OC)C(=O)[C@H](C)C[C@H](C)/C=C/C=C/C=C1C.CO[C@H]1CC2CC[C@@H](C)[C@@](O)(O2)C(=O)C(=O)N2CCCC[C@H]2C(=O)O[C@H]([C@H](C)C[C@@H]2CC[C@@H](OC(=O)C(C)(CO)CO)[C@H](OC)C2)CC(=O)[C@H](C)/C=C(\C)C(O)[C@@H](OC)C(=O)[C@H](C)C(O)[C@H](C)/C=C/C=CC=C1C. The van der Waals surface area contributed by atoms with Crippen LogP contribution in [0.15, 0.2) is 95.2 Å². The minimum atomic E-state index is -2.49. The number of cyclic esters (lactones) is 2. The van der Waals surface area contributed by atoms with Crippen LogP contribution in [0.1, 0.15) is 252 Å². The number of carbonyl (C=O) groups is 13. The second-order valence-corrected chi connectivity index (χ2v) is 43.4. The quantitative estimate of drug-likeness (QED) is 0.0235. The summed E-state index contributed by atoms with van der Waals surface area (Å²) in [4.78, 5) is 183. The Hall–Kier alpha value is -8.25. The van der Waals surface area contributed by atoms with Crippen LogP contribution < -0.4 is 0 Å². The Kier molecular flexibility index (Phi) is 52.9. The number of Topliss-reactive ketones (excluding diaryl/α,β-unsaturated/α-hetero) is 7. The van der Waals surface area contributed by atoms with Gasteiger partial charge in [-0.05, 0) is 203 Å². The number of methoxy groups -OCH3 is 6. The minimum Gasteiger partial charge on any atom is -0.460 e. The predicted molar refractivity (Wildman–Crippen MR) is 547 cm³/mol. The highest BCUT2D eigenvalue weighted by Crippen LogP contribution is 2.42. The highest BCUT2D eigenvalue weighted by molar-refractivity contribution is 6.63. The van der Waals surface area contributed by atoms with Crippen molar-refractivity contribution in [3.8, 4) is 0 Å². The first-order chi connectivity index (χ1) is 69.8. The molecule has 5 fully saturated rings. The van der Waals surface area contributed by atoms with Gasteiger partial charge in [-0.2, -0.15) is 0 Å². The third kappa shape index (κ3) is 35.4. The molecule has 31 atom stereocenters. The maximum Gasteiger partial charge on any atom is 0.329 e. The number of ether oxygens (including phenoxy) is 11. The van der Waals surface area contributed by atoms with Gasteiger partial charge in [-0.1, -0.05) is 142 Å². The molecule has 0 aromatic heterocycles. The molecule has 36 nitrogen and oxygen atoms in total. The minimum absolute atomic E-state index is 0.0306. The van der Waals surface area contributed by atoms with Crippen LogP contribution in [-0.4, -0.2) is 335 Å². The van der Waals surface area contributed by atoms with Crippen LogP contribution >= 0.6 is 0 Å². The van der Waals surface area contributed by atoms with E-state index in [1.54, 1.807) is 97.9 Å². The summed E-state index contributed by atoms with van der Waals surface area (Å²) < 4.78 is 64.2. The van der Waals surface area contributed by atoms with Gasteiger partial charge in [0.05, 0.1) is 75.3 Å². The maximum absolute atomic E-state index is 14.5. The number of hydrogen-bond donors (Lipinski definition) is 10. The summed E-state index contributed by atoms with van der Waals surface area (Å²) in [7, 11) is 8.61. The van der Waals surface area contributed by atoms with Gasteiger partial charge < -0.3 is 113 Å². The summed E-state index contributed by atoms with van der Waals surface area (Å²) in [5.41, 5.74) is -0.849. The van der Waals surface area contributed by atoms with Crippen molar-refractivity contribution in [2.75, 3.05) is 82.2 Å². The van der Waals surface area contributed by atoms with Crippen molar-refractivity contribution in [3.63, 3.8) is 0 Å². The fourth-order valence-corrected chi connectivity index (χ4v) is 20.8. The smallest absolute Gasteiger partial charge is 0.329 e. The highest BCUT2D eigenvalue weighted by atomic mass is 16.6. The molecule has 2 amide bonds. The van der Waals surface area contributed by atoms with Crippen LogP contribution in [0.4, 0.5) is 0 Å². The zero-order chi connectivity index (χ0) is 111. The van der Waals surface area contributed by atoms with Gasteiger partial charge in [0.2, 0.25) is 11.6 Å². The third-order valence-electron chi connectivity index (χ3n) is 31.5. The summed E-state index contributed by atoms with van der Waals surface area (Å²) in [6.45, 7) is 24.1. The number of fused-ring (bicyclic) bond motifs is 4. The van der Waals surface area contributed by atoms with E-state index in [-0.39, 0.29) is 98.7 Å². The number of amides is 2. The number of aliphatic hydroxyl groups excluding tert-OH is 9. The number of rotatable bonds is 20. The first-order valence-electron chi connectivity index (χ1n) is 52.8. The fourth-order valence-electron chi connectivity index (χ4n) is 20.8. The van der Waals surface area contributed by atoms with Crippen LogP contribution in [-0.2, 0) is 114 Å². The zero-order valence-electron chi connectivity index (χ0n) is 91.2. The molecular formula is C112H174N2O34. The van der Waals surface area contributed by atoms with E-state index in [0.29, 0.717) is 102 Å². The second-order valence-electron chi connectivity index (χ2n) is 43.4. The van der Waals surface area contributed by atoms with Crippen molar-refractivity contribution in [2.45, 2.75) is 368 Å². The topological polar surface area (TPSA) is 532 Å². The molecule has 7 rings (SSSR count). The lowest BCUT2D eigenvalue weighted by Crippen LogP contribution is -2.61. The number of ketones is 7. The van der Waals surface area contributed by atoms with Crippen LogP contribution in [0.3, 0.4) is 0 Å². The van der Waals surface area contributed by atoms with Crippen molar-refractivity contribution in [1.29, 1.82) is 0 Å². The van der Waals surface area contributed by atoms with Gasteiger partial charge in [0.1, 0.15) is 83.3 Å². The van der Waals surface area contributed by atoms with Gasteiger partial charge >= 0.3 is 23.9 Å².